The molecule has 0 aromatic heterocycles. The normalized spacial score (nSPS) is 11.8. The van der Waals surface area contributed by atoms with Gasteiger partial charge in [0.05, 0.1) is 6.54 Å². The van der Waals surface area contributed by atoms with Crippen LogP contribution < -0.4 is 16.8 Å². The number of hydrogen-bond acceptors (Lipinski definition) is 4. The van der Waals surface area contributed by atoms with Crippen molar-refractivity contribution in [3.63, 3.8) is 0 Å². The number of nitrogens with zero attached hydrogens (tertiary/aromatic N) is 1. The summed E-state index contributed by atoms with van der Waals surface area (Å²) in [5.74, 6) is -0.943. The van der Waals surface area contributed by atoms with Crippen LogP contribution in [0.2, 0.25) is 0 Å². The van der Waals surface area contributed by atoms with Crippen LogP contribution in [0.5, 0.6) is 0 Å². The Morgan fingerprint density at radius 2 is 1.81 bits per heavy atom. The van der Waals surface area contributed by atoms with E-state index < -0.39 is 5.92 Å². The number of carbonyl (C=O) groups is 3. The summed E-state index contributed by atoms with van der Waals surface area (Å²) >= 11 is 0. The number of aliphatic imine (C=N–C) groups is 1. The molecule has 0 aromatic rings. The zero-order valence-corrected chi connectivity index (χ0v) is 13.0. The van der Waals surface area contributed by atoms with Gasteiger partial charge in [-0.25, -0.2) is 0 Å². The Balaban J connectivity index is 4.38. The zero-order chi connectivity index (χ0) is 16.4. The van der Waals surface area contributed by atoms with Crippen LogP contribution in [0.4, 0.5) is 0 Å². The minimum atomic E-state index is -0.448. The van der Waals surface area contributed by atoms with E-state index in [2.05, 4.69) is 10.3 Å². The molecule has 0 aliphatic carbocycles. The fourth-order valence-corrected chi connectivity index (χ4v) is 1.74. The number of carbonyl (C=O) groups excluding carboxylic acids is 3. The molecule has 1 unspecified atom stereocenters. The Kier molecular flexibility index (Phi) is 9.00. The molecular weight excluding hydrogens is 272 g/mol. The highest BCUT2D eigenvalue weighted by Gasteiger charge is 2.20. The highest BCUT2D eigenvalue weighted by molar-refractivity contribution is 5.90. The molecule has 120 valence electrons. The van der Waals surface area contributed by atoms with Crippen LogP contribution in [0.1, 0.15) is 40.0 Å². The number of hydrogen-bond donors (Lipinski definition) is 3. The van der Waals surface area contributed by atoms with E-state index in [1.165, 1.54) is 6.92 Å². The lowest BCUT2D eigenvalue weighted by Crippen LogP contribution is -2.36. The van der Waals surface area contributed by atoms with Gasteiger partial charge in [0.1, 0.15) is 5.78 Å². The molecule has 0 aromatic carbocycles. The average molecular weight is 298 g/mol. The van der Waals surface area contributed by atoms with Gasteiger partial charge in [0.2, 0.25) is 5.91 Å². The lowest BCUT2D eigenvalue weighted by molar-refractivity contribution is -0.131. The first kappa shape index (κ1) is 19.1. The third-order valence-electron chi connectivity index (χ3n) is 2.99. The number of nitrogens with two attached hydrogens (primary N) is 2. The van der Waals surface area contributed by atoms with Crippen LogP contribution in [0.3, 0.4) is 0 Å². The van der Waals surface area contributed by atoms with Crippen molar-refractivity contribution in [3.05, 3.63) is 0 Å². The lowest BCUT2D eigenvalue weighted by Gasteiger charge is -2.15. The van der Waals surface area contributed by atoms with Crippen LogP contribution in [0.15, 0.2) is 4.99 Å². The Bertz CT molecular complexity index is 401. The Morgan fingerprint density at radius 3 is 2.29 bits per heavy atom. The van der Waals surface area contributed by atoms with Gasteiger partial charge in [-0.15, -0.1) is 0 Å². The number of nitrogens with one attached hydrogen (secondary N) is 1. The van der Waals surface area contributed by atoms with Crippen molar-refractivity contribution in [3.8, 4) is 0 Å². The Labute approximate surface area is 125 Å². The van der Waals surface area contributed by atoms with E-state index in [-0.39, 0.29) is 42.3 Å². The second-order valence-electron chi connectivity index (χ2n) is 5.39. The molecule has 0 aliphatic rings. The number of guanidine groups is 1. The zero-order valence-electron chi connectivity index (χ0n) is 13.0. The monoisotopic (exact) mass is 298 g/mol. The Morgan fingerprint density at radius 1 is 1.19 bits per heavy atom. The van der Waals surface area contributed by atoms with Gasteiger partial charge < -0.3 is 21.6 Å². The summed E-state index contributed by atoms with van der Waals surface area (Å²) < 4.78 is 0. The topological polar surface area (TPSA) is 128 Å². The molecule has 0 spiro atoms. The molecule has 1 atom stereocenters. The molecule has 0 aliphatic heterocycles. The molecule has 5 N–H and O–H groups in total. The van der Waals surface area contributed by atoms with Gasteiger partial charge in [-0.1, -0.05) is 13.8 Å². The first-order valence-corrected chi connectivity index (χ1v) is 7.09. The summed E-state index contributed by atoms with van der Waals surface area (Å²) in [6, 6.07) is 0. The fraction of sp³-hybridized carbons (Fsp3) is 0.714. The molecular formula is C14H26N4O3. The summed E-state index contributed by atoms with van der Waals surface area (Å²) in [7, 11) is 0. The first-order chi connectivity index (χ1) is 9.73. The van der Waals surface area contributed by atoms with Crippen LogP contribution in [-0.4, -0.2) is 36.5 Å². The van der Waals surface area contributed by atoms with E-state index in [9.17, 15) is 14.4 Å². The molecule has 0 fully saturated rings. The molecule has 0 rings (SSSR count). The molecule has 0 saturated carbocycles. The van der Waals surface area contributed by atoms with Crippen LogP contribution in [0, 0.1) is 11.8 Å². The maximum absolute atomic E-state index is 12.0. The van der Waals surface area contributed by atoms with E-state index in [0.29, 0.717) is 19.4 Å². The van der Waals surface area contributed by atoms with Crippen molar-refractivity contribution in [1.29, 1.82) is 0 Å². The minimum Gasteiger partial charge on any atom is -0.370 e. The highest BCUT2D eigenvalue weighted by Crippen LogP contribution is 2.12. The number of ketones is 2. The van der Waals surface area contributed by atoms with Gasteiger partial charge in [0.15, 0.2) is 11.7 Å². The molecule has 1 amide bonds. The highest BCUT2D eigenvalue weighted by atomic mass is 16.2. The average Bonchev–Trinajstić information content (AvgIpc) is 2.38. The quantitative estimate of drug-likeness (QED) is 0.296. The summed E-state index contributed by atoms with van der Waals surface area (Å²) in [6.07, 6.45) is 1.25. The second kappa shape index (κ2) is 9.90. The number of amides is 1. The summed E-state index contributed by atoms with van der Waals surface area (Å²) in [6.45, 7) is 5.40. The summed E-state index contributed by atoms with van der Waals surface area (Å²) in [5, 5.41) is 2.59. The van der Waals surface area contributed by atoms with Gasteiger partial charge in [0, 0.05) is 24.8 Å². The predicted octanol–water partition coefficient (Wildman–Crippen LogP) is -0.0234. The minimum absolute atomic E-state index is 0.00118. The van der Waals surface area contributed by atoms with Gasteiger partial charge in [-0.05, 0) is 19.8 Å². The van der Waals surface area contributed by atoms with E-state index in [1.54, 1.807) is 13.8 Å². The maximum atomic E-state index is 12.0. The molecule has 0 bridgehead atoms. The molecule has 0 saturated heterocycles. The second-order valence-corrected chi connectivity index (χ2v) is 5.39. The molecule has 7 nitrogen and oxygen atoms in total. The molecule has 21 heavy (non-hydrogen) atoms. The van der Waals surface area contributed by atoms with Gasteiger partial charge in [-0.2, -0.15) is 0 Å². The lowest BCUT2D eigenvalue weighted by atomic mass is 9.96. The van der Waals surface area contributed by atoms with E-state index >= 15 is 0 Å². The predicted molar refractivity (Wildman–Crippen MR) is 81.6 cm³/mol. The first-order valence-electron chi connectivity index (χ1n) is 7.09. The van der Waals surface area contributed by atoms with E-state index in [4.69, 9.17) is 11.5 Å². The van der Waals surface area contributed by atoms with Crippen LogP contribution in [0.25, 0.3) is 0 Å². The van der Waals surface area contributed by atoms with Crippen LogP contribution >= 0.6 is 0 Å². The van der Waals surface area contributed by atoms with Crippen molar-refractivity contribution in [2.45, 2.75) is 40.0 Å². The van der Waals surface area contributed by atoms with Gasteiger partial charge in [0.25, 0.3) is 0 Å². The molecule has 0 radical (unpaired) electrons. The molecule has 7 heteroatoms. The maximum Gasteiger partial charge on any atom is 0.223 e. The van der Waals surface area contributed by atoms with Crippen molar-refractivity contribution in [1.82, 2.24) is 5.32 Å². The molecule has 0 heterocycles. The standard InChI is InChI=1S/C14H26N4O3/c1-9(2)12(20)8-18-13(21)11(7-10(3)19)5-4-6-17-14(15)16/h9,11H,4-8H2,1-3H3,(H,18,21)(H4,15,16,17). The third kappa shape index (κ3) is 9.59. The van der Waals surface area contributed by atoms with Crippen molar-refractivity contribution in [2.75, 3.05) is 13.1 Å². The smallest absolute Gasteiger partial charge is 0.223 e. The van der Waals surface area contributed by atoms with Gasteiger partial charge in [-0.3, -0.25) is 14.6 Å². The van der Waals surface area contributed by atoms with E-state index in [1.807, 2.05) is 0 Å². The number of Topliss-reactive ketones (excluding diaryl/α,β-unsaturated/α-hetero) is 2. The SMILES string of the molecule is CC(=O)CC(CCCN=C(N)N)C(=O)NCC(=O)C(C)C. The summed E-state index contributed by atoms with van der Waals surface area (Å²) in [4.78, 5) is 38.6. The van der Waals surface area contributed by atoms with Crippen molar-refractivity contribution in [2.24, 2.45) is 28.3 Å². The fourth-order valence-electron chi connectivity index (χ4n) is 1.74. The summed E-state index contributed by atoms with van der Waals surface area (Å²) in [5.41, 5.74) is 10.4. The van der Waals surface area contributed by atoms with Gasteiger partial charge >= 0.3 is 0 Å². The van der Waals surface area contributed by atoms with E-state index in [0.717, 1.165) is 0 Å². The third-order valence-corrected chi connectivity index (χ3v) is 2.99. The number of rotatable bonds is 10. The largest absolute Gasteiger partial charge is 0.370 e. The van der Waals surface area contributed by atoms with Crippen molar-refractivity contribution < 1.29 is 14.4 Å². The Hall–Kier alpha value is -1.92. The van der Waals surface area contributed by atoms with Crippen LogP contribution in [-0.2, 0) is 14.4 Å². The van der Waals surface area contributed by atoms with Crippen molar-refractivity contribution >= 4 is 23.4 Å².